The van der Waals surface area contributed by atoms with E-state index in [0.717, 1.165) is 12.0 Å². The Labute approximate surface area is 156 Å². The van der Waals surface area contributed by atoms with E-state index in [4.69, 9.17) is 9.47 Å². The van der Waals surface area contributed by atoms with Crippen molar-refractivity contribution < 1.29 is 17.9 Å². The fourth-order valence-corrected chi connectivity index (χ4v) is 4.12. The molecule has 0 aliphatic heterocycles. The minimum atomic E-state index is -3.77. The highest BCUT2D eigenvalue weighted by atomic mass is 32.2. The largest absolute Gasteiger partial charge is 0.497 e. The van der Waals surface area contributed by atoms with Crippen molar-refractivity contribution in [3.63, 3.8) is 0 Å². The molecule has 0 bridgehead atoms. The van der Waals surface area contributed by atoms with Crippen molar-refractivity contribution in [2.24, 2.45) is 0 Å². The average molecular weight is 378 g/mol. The molecular formula is C20H27NO4S. The normalized spacial score (nSPS) is 13.9. The maximum atomic E-state index is 12.8. The van der Waals surface area contributed by atoms with Crippen molar-refractivity contribution >= 4 is 10.0 Å². The van der Waals surface area contributed by atoms with Crippen LogP contribution in [0, 0.1) is 0 Å². The molecule has 2 unspecified atom stereocenters. The molecule has 0 amide bonds. The molecule has 0 aliphatic carbocycles. The van der Waals surface area contributed by atoms with Crippen LogP contribution in [0.1, 0.15) is 50.3 Å². The Morgan fingerprint density at radius 2 is 1.58 bits per heavy atom. The zero-order chi connectivity index (χ0) is 19.3. The highest BCUT2D eigenvalue weighted by molar-refractivity contribution is 7.89. The molecule has 0 saturated heterocycles. The van der Waals surface area contributed by atoms with Gasteiger partial charge in [-0.05, 0) is 42.5 Å². The molecule has 2 aromatic rings. The van der Waals surface area contributed by atoms with Gasteiger partial charge in [0.2, 0.25) is 10.0 Å². The van der Waals surface area contributed by atoms with E-state index < -0.39 is 10.0 Å². The summed E-state index contributed by atoms with van der Waals surface area (Å²) in [6.07, 6.45) is 1.07. The van der Waals surface area contributed by atoms with Crippen LogP contribution < -0.4 is 14.2 Å². The number of hydrogen-bond donors (Lipinski definition) is 1. The van der Waals surface area contributed by atoms with Crippen LogP contribution in [0.4, 0.5) is 0 Å². The fraction of sp³-hybridized carbons (Fsp3) is 0.400. The Morgan fingerprint density at radius 1 is 0.962 bits per heavy atom. The highest BCUT2D eigenvalue weighted by Gasteiger charge is 2.23. The van der Waals surface area contributed by atoms with E-state index in [9.17, 15) is 8.42 Å². The van der Waals surface area contributed by atoms with Gasteiger partial charge < -0.3 is 9.47 Å². The summed E-state index contributed by atoms with van der Waals surface area (Å²) in [6.45, 7) is 6.15. The molecule has 0 aromatic heterocycles. The topological polar surface area (TPSA) is 64.6 Å². The fourth-order valence-electron chi connectivity index (χ4n) is 2.71. The second-order valence-electron chi connectivity index (χ2n) is 6.34. The van der Waals surface area contributed by atoms with Crippen LogP contribution in [0.3, 0.4) is 0 Å². The maximum absolute atomic E-state index is 12.8. The Balaban J connectivity index is 2.26. The molecule has 5 nitrogen and oxygen atoms in total. The van der Waals surface area contributed by atoms with Crippen molar-refractivity contribution in [3.8, 4) is 11.5 Å². The van der Waals surface area contributed by atoms with E-state index >= 15 is 0 Å². The number of benzene rings is 2. The van der Waals surface area contributed by atoms with E-state index in [1.807, 2.05) is 19.1 Å². The van der Waals surface area contributed by atoms with Crippen LogP contribution >= 0.6 is 0 Å². The van der Waals surface area contributed by atoms with Gasteiger partial charge in [-0.2, -0.15) is 0 Å². The third-order valence-electron chi connectivity index (χ3n) is 4.61. The monoisotopic (exact) mass is 377 g/mol. The first kappa shape index (κ1) is 20.3. The first-order chi connectivity index (χ1) is 12.3. The zero-order valence-corrected chi connectivity index (χ0v) is 16.8. The number of ether oxygens (including phenoxy) is 2. The molecule has 0 saturated carbocycles. The number of nitrogens with one attached hydrogen (secondary N) is 1. The van der Waals surface area contributed by atoms with Gasteiger partial charge in [-0.3, -0.25) is 0 Å². The van der Waals surface area contributed by atoms with Gasteiger partial charge in [0.1, 0.15) is 16.4 Å². The molecule has 2 rings (SSSR count). The molecule has 2 atom stereocenters. The Morgan fingerprint density at radius 3 is 2.12 bits per heavy atom. The van der Waals surface area contributed by atoms with Gasteiger partial charge in [0.15, 0.2) is 0 Å². The summed E-state index contributed by atoms with van der Waals surface area (Å²) >= 11 is 0. The number of hydrogen-bond acceptors (Lipinski definition) is 4. The zero-order valence-electron chi connectivity index (χ0n) is 15.9. The predicted octanol–water partition coefficient (Wildman–Crippen LogP) is 4.26. The summed E-state index contributed by atoms with van der Waals surface area (Å²) in [5.74, 6) is 1.21. The van der Waals surface area contributed by atoms with Crippen LogP contribution in [0.15, 0.2) is 47.4 Å². The van der Waals surface area contributed by atoms with Gasteiger partial charge in [0.05, 0.1) is 14.2 Å². The van der Waals surface area contributed by atoms with Crippen molar-refractivity contribution in [2.75, 3.05) is 14.2 Å². The first-order valence-corrected chi connectivity index (χ1v) is 10.1. The van der Waals surface area contributed by atoms with Gasteiger partial charge in [-0.15, -0.1) is 0 Å². The van der Waals surface area contributed by atoms with Crippen LogP contribution in [0.25, 0.3) is 0 Å². The third kappa shape index (κ3) is 4.56. The molecule has 0 spiro atoms. The summed E-state index contributed by atoms with van der Waals surface area (Å²) in [4.78, 5) is 0.0578. The lowest BCUT2D eigenvalue weighted by Crippen LogP contribution is -2.27. The Kier molecular flexibility index (Phi) is 6.67. The van der Waals surface area contributed by atoms with E-state index in [-0.39, 0.29) is 16.7 Å². The van der Waals surface area contributed by atoms with E-state index in [0.29, 0.717) is 11.7 Å². The SMILES string of the molecule is CCC(C)c1ccc(C(C)NS(=O)(=O)c2cc(OC)ccc2OC)cc1. The van der Waals surface area contributed by atoms with Crippen molar-refractivity contribution in [1.29, 1.82) is 0 Å². The highest BCUT2D eigenvalue weighted by Crippen LogP contribution is 2.29. The van der Waals surface area contributed by atoms with E-state index in [1.54, 1.807) is 12.1 Å². The standard InChI is InChI=1S/C20H27NO4S/c1-6-14(2)16-7-9-17(10-8-16)15(3)21-26(22,23)20-13-18(24-4)11-12-19(20)25-5/h7-15,21H,6H2,1-5H3. The van der Waals surface area contributed by atoms with E-state index in [2.05, 4.69) is 30.7 Å². The lowest BCUT2D eigenvalue weighted by atomic mass is 9.96. The van der Waals surface area contributed by atoms with Crippen LogP contribution in [0.2, 0.25) is 0 Å². The lowest BCUT2D eigenvalue weighted by molar-refractivity contribution is 0.391. The Hall–Kier alpha value is -2.05. The molecule has 1 N–H and O–H groups in total. The van der Waals surface area contributed by atoms with Gasteiger partial charge >= 0.3 is 0 Å². The molecule has 142 valence electrons. The molecule has 0 radical (unpaired) electrons. The molecule has 0 heterocycles. The molecule has 0 aliphatic rings. The summed E-state index contributed by atoms with van der Waals surface area (Å²) in [5.41, 5.74) is 2.16. The smallest absolute Gasteiger partial charge is 0.244 e. The van der Waals surface area contributed by atoms with Crippen molar-refractivity contribution in [3.05, 3.63) is 53.6 Å². The lowest BCUT2D eigenvalue weighted by Gasteiger charge is -2.18. The molecule has 0 fully saturated rings. The van der Waals surface area contributed by atoms with Crippen LogP contribution in [-0.2, 0) is 10.0 Å². The van der Waals surface area contributed by atoms with Crippen molar-refractivity contribution in [1.82, 2.24) is 4.72 Å². The van der Waals surface area contributed by atoms with Gasteiger partial charge in [0, 0.05) is 12.1 Å². The predicted molar refractivity (Wildman–Crippen MR) is 103 cm³/mol. The van der Waals surface area contributed by atoms with Gasteiger partial charge in [0.25, 0.3) is 0 Å². The number of sulfonamides is 1. The average Bonchev–Trinajstić information content (AvgIpc) is 2.66. The van der Waals surface area contributed by atoms with Crippen molar-refractivity contribution in [2.45, 2.75) is 44.0 Å². The molecular weight excluding hydrogens is 350 g/mol. The second kappa shape index (κ2) is 8.56. The van der Waals surface area contributed by atoms with Crippen LogP contribution in [0.5, 0.6) is 11.5 Å². The summed E-state index contributed by atoms with van der Waals surface area (Å²) < 4.78 is 38.7. The minimum Gasteiger partial charge on any atom is -0.497 e. The number of rotatable bonds is 8. The quantitative estimate of drug-likeness (QED) is 0.747. The summed E-state index contributed by atoms with van der Waals surface area (Å²) in [6, 6.07) is 12.4. The Bertz CT molecular complexity index is 831. The van der Waals surface area contributed by atoms with E-state index in [1.165, 1.54) is 25.8 Å². The van der Waals surface area contributed by atoms with Gasteiger partial charge in [-0.1, -0.05) is 38.1 Å². The first-order valence-electron chi connectivity index (χ1n) is 8.66. The third-order valence-corrected chi connectivity index (χ3v) is 6.17. The minimum absolute atomic E-state index is 0.0578. The maximum Gasteiger partial charge on any atom is 0.244 e. The summed E-state index contributed by atoms with van der Waals surface area (Å²) in [7, 11) is -0.834. The summed E-state index contributed by atoms with van der Waals surface area (Å²) in [5, 5.41) is 0. The van der Waals surface area contributed by atoms with Gasteiger partial charge in [-0.25, -0.2) is 13.1 Å². The van der Waals surface area contributed by atoms with Crippen LogP contribution in [-0.4, -0.2) is 22.6 Å². The molecule has 6 heteroatoms. The number of methoxy groups -OCH3 is 2. The molecule has 26 heavy (non-hydrogen) atoms. The second-order valence-corrected chi connectivity index (χ2v) is 8.02. The molecule has 2 aromatic carbocycles.